The Kier molecular flexibility index (Phi) is 4.26. The SMILES string of the molecule is Cc1ncsc1CN1CCCC(F)(C(=O)NCC2CC2)C1. The van der Waals surface area contributed by atoms with Gasteiger partial charge in [-0.05, 0) is 45.1 Å². The Labute approximate surface area is 128 Å². The van der Waals surface area contributed by atoms with Gasteiger partial charge in [-0.3, -0.25) is 9.69 Å². The average molecular weight is 311 g/mol. The van der Waals surface area contributed by atoms with Crippen molar-refractivity contribution in [2.24, 2.45) is 5.92 Å². The lowest BCUT2D eigenvalue weighted by Crippen LogP contribution is -2.54. The third-order valence-corrected chi connectivity index (χ3v) is 5.31. The molecule has 0 radical (unpaired) electrons. The Bertz CT molecular complexity index is 517. The highest BCUT2D eigenvalue weighted by Crippen LogP contribution is 2.30. The molecule has 6 heteroatoms. The van der Waals surface area contributed by atoms with Gasteiger partial charge in [0, 0.05) is 24.5 Å². The fourth-order valence-electron chi connectivity index (χ4n) is 2.81. The van der Waals surface area contributed by atoms with Crippen LogP contribution in [-0.2, 0) is 11.3 Å². The first kappa shape index (κ1) is 14.9. The van der Waals surface area contributed by atoms with Crippen LogP contribution in [0.2, 0.25) is 0 Å². The van der Waals surface area contributed by atoms with Gasteiger partial charge in [0.1, 0.15) is 0 Å². The number of carbonyl (C=O) groups excluding carboxylic acids is 1. The maximum atomic E-state index is 15.0. The summed E-state index contributed by atoms with van der Waals surface area (Å²) in [5.74, 6) is 0.164. The topological polar surface area (TPSA) is 45.2 Å². The molecule has 2 fully saturated rings. The lowest BCUT2D eigenvalue weighted by molar-refractivity contribution is -0.136. The van der Waals surface area contributed by atoms with Crippen LogP contribution in [0.4, 0.5) is 4.39 Å². The van der Waals surface area contributed by atoms with Gasteiger partial charge in [0.25, 0.3) is 5.91 Å². The van der Waals surface area contributed by atoms with Crippen molar-refractivity contribution in [3.8, 4) is 0 Å². The van der Waals surface area contributed by atoms with Gasteiger partial charge < -0.3 is 5.32 Å². The van der Waals surface area contributed by atoms with Crippen molar-refractivity contribution >= 4 is 17.2 Å². The van der Waals surface area contributed by atoms with Crippen LogP contribution in [0.25, 0.3) is 0 Å². The summed E-state index contributed by atoms with van der Waals surface area (Å²) in [6.45, 7) is 4.34. The molecule has 2 aliphatic rings. The molecule has 116 valence electrons. The van der Waals surface area contributed by atoms with Gasteiger partial charge >= 0.3 is 0 Å². The molecule has 1 saturated heterocycles. The van der Waals surface area contributed by atoms with Crippen molar-refractivity contribution in [1.82, 2.24) is 15.2 Å². The molecule has 0 spiro atoms. The number of alkyl halides is 1. The van der Waals surface area contributed by atoms with Crippen LogP contribution < -0.4 is 5.32 Å². The van der Waals surface area contributed by atoms with E-state index in [-0.39, 0.29) is 6.54 Å². The summed E-state index contributed by atoms with van der Waals surface area (Å²) in [5.41, 5.74) is 1.10. The zero-order chi connectivity index (χ0) is 14.9. The first-order valence-corrected chi connectivity index (χ1v) is 8.53. The van der Waals surface area contributed by atoms with Gasteiger partial charge in [0.05, 0.1) is 11.2 Å². The molecule has 1 aliphatic heterocycles. The number of rotatable bonds is 5. The molecule has 0 bridgehead atoms. The van der Waals surface area contributed by atoms with Crippen molar-refractivity contribution in [3.63, 3.8) is 0 Å². The number of nitrogens with one attached hydrogen (secondary N) is 1. The Hall–Kier alpha value is -1.01. The predicted molar refractivity (Wildman–Crippen MR) is 80.9 cm³/mol. The zero-order valence-corrected chi connectivity index (χ0v) is 13.2. The summed E-state index contributed by atoms with van der Waals surface area (Å²) in [7, 11) is 0. The molecule has 1 unspecified atom stereocenters. The minimum atomic E-state index is -1.73. The van der Waals surface area contributed by atoms with Gasteiger partial charge in [-0.1, -0.05) is 0 Å². The molecule has 1 amide bonds. The molecule has 1 aromatic rings. The number of thiazole rings is 1. The predicted octanol–water partition coefficient (Wildman–Crippen LogP) is 2.28. The maximum absolute atomic E-state index is 15.0. The van der Waals surface area contributed by atoms with Crippen molar-refractivity contribution < 1.29 is 9.18 Å². The van der Waals surface area contributed by atoms with Crippen LogP contribution in [0.1, 0.15) is 36.3 Å². The number of hydrogen-bond acceptors (Lipinski definition) is 4. The highest BCUT2D eigenvalue weighted by Gasteiger charge is 2.43. The highest BCUT2D eigenvalue weighted by molar-refractivity contribution is 7.09. The quantitative estimate of drug-likeness (QED) is 0.907. The fraction of sp³-hybridized carbons (Fsp3) is 0.733. The van der Waals surface area contributed by atoms with E-state index in [1.165, 1.54) is 0 Å². The van der Waals surface area contributed by atoms with Crippen LogP contribution in [0.5, 0.6) is 0 Å². The van der Waals surface area contributed by atoms with Crippen LogP contribution in [0, 0.1) is 12.8 Å². The zero-order valence-electron chi connectivity index (χ0n) is 12.4. The summed E-state index contributed by atoms with van der Waals surface area (Å²) in [6.07, 6.45) is 3.39. The van der Waals surface area contributed by atoms with E-state index in [1.54, 1.807) is 11.3 Å². The van der Waals surface area contributed by atoms with Gasteiger partial charge in [-0.2, -0.15) is 0 Å². The van der Waals surface area contributed by atoms with Crippen molar-refractivity contribution in [2.45, 2.75) is 44.8 Å². The smallest absolute Gasteiger partial charge is 0.259 e. The third kappa shape index (κ3) is 3.61. The number of carbonyl (C=O) groups is 1. The first-order valence-electron chi connectivity index (χ1n) is 7.65. The van der Waals surface area contributed by atoms with Gasteiger partial charge in [-0.25, -0.2) is 9.37 Å². The average Bonchev–Trinajstić information content (AvgIpc) is 3.20. The minimum Gasteiger partial charge on any atom is -0.353 e. The molecule has 1 aromatic heterocycles. The molecule has 1 atom stereocenters. The third-order valence-electron chi connectivity index (χ3n) is 4.39. The Morgan fingerprint density at radius 3 is 3.10 bits per heavy atom. The molecule has 1 N–H and O–H groups in total. The second-order valence-corrected chi connectivity index (χ2v) is 7.23. The number of hydrogen-bond donors (Lipinski definition) is 1. The van der Waals surface area contributed by atoms with E-state index in [9.17, 15) is 9.18 Å². The van der Waals surface area contributed by atoms with Gasteiger partial charge in [0.2, 0.25) is 5.67 Å². The number of piperidine rings is 1. The Morgan fingerprint density at radius 1 is 1.62 bits per heavy atom. The van der Waals surface area contributed by atoms with Gasteiger partial charge in [0.15, 0.2) is 0 Å². The van der Waals surface area contributed by atoms with Gasteiger partial charge in [-0.15, -0.1) is 11.3 Å². The molecule has 1 saturated carbocycles. The van der Waals surface area contributed by atoms with E-state index in [1.807, 2.05) is 17.3 Å². The molecular weight excluding hydrogens is 289 g/mol. The first-order chi connectivity index (χ1) is 10.1. The Morgan fingerprint density at radius 2 is 2.43 bits per heavy atom. The standard InChI is InChI=1S/C15H22FN3OS/c1-11-13(21-10-18-11)8-19-6-2-5-15(16,9-19)14(20)17-7-12-3-4-12/h10,12H,2-9H2,1H3,(H,17,20). The van der Waals surface area contributed by atoms with Crippen molar-refractivity contribution in [3.05, 3.63) is 16.1 Å². The van der Waals surface area contributed by atoms with Crippen molar-refractivity contribution in [2.75, 3.05) is 19.6 Å². The summed E-state index contributed by atoms with van der Waals surface area (Å²) in [6, 6.07) is 0. The lowest BCUT2D eigenvalue weighted by atomic mass is 9.93. The Balaban J connectivity index is 1.58. The molecule has 21 heavy (non-hydrogen) atoms. The fourth-order valence-corrected chi connectivity index (χ4v) is 3.63. The van der Waals surface area contributed by atoms with Crippen LogP contribution in [-0.4, -0.2) is 41.1 Å². The van der Waals surface area contributed by atoms with E-state index in [4.69, 9.17) is 0 Å². The van der Waals surface area contributed by atoms with E-state index >= 15 is 0 Å². The maximum Gasteiger partial charge on any atom is 0.259 e. The molecule has 0 aromatic carbocycles. The van der Waals surface area contributed by atoms with E-state index in [0.29, 0.717) is 25.4 Å². The summed E-state index contributed by atoms with van der Waals surface area (Å²) < 4.78 is 15.0. The van der Waals surface area contributed by atoms with E-state index < -0.39 is 11.6 Å². The normalized spacial score (nSPS) is 26.8. The largest absolute Gasteiger partial charge is 0.353 e. The van der Waals surface area contributed by atoms with Crippen LogP contribution in [0.3, 0.4) is 0 Å². The second-order valence-electron chi connectivity index (χ2n) is 6.29. The number of halogens is 1. The number of amides is 1. The number of likely N-dealkylation sites (tertiary alicyclic amines) is 1. The molecule has 2 heterocycles. The number of aryl methyl sites for hydroxylation is 1. The van der Waals surface area contributed by atoms with Crippen LogP contribution in [0.15, 0.2) is 5.51 Å². The summed E-state index contributed by atoms with van der Waals surface area (Å²) in [4.78, 5) is 19.6. The number of nitrogens with zero attached hydrogens (tertiary/aromatic N) is 2. The van der Waals surface area contributed by atoms with E-state index in [2.05, 4.69) is 10.3 Å². The molecule has 3 rings (SSSR count). The van der Waals surface area contributed by atoms with Crippen LogP contribution >= 0.6 is 11.3 Å². The molecule has 1 aliphatic carbocycles. The molecular formula is C15H22FN3OS. The van der Waals surface area contributed by atoms with E-state index in [0.717, 1.165) is 36.4 Å². The number of aromatic nitrogens is 1. The van der Waals surface area contributed by atoms with Crippen molar-refractivity contribution in [1.29, 1.82) is 0 Å². The second kappa shape index (κ2) is 6.01. The molecule has 4 nitrogen and oxygen atoms in total. The lowest BCUT2D eigenvalue weighted by Gasteiger charge is -2.36. The minimum absolute atomic E-state index is 0.195. The summed E-state index contributed by atoms with van der Waals surface area (Å²) in [5, 5.41) is 2.80. The summed E-state index contributed by atoms with van der Waals surface area (Å²) >= 11 is 1.60. The monoisotopic (exact) mass is 311 g/mol. The highest BCUT2D eigenvalue weighted by atomic mass is 32.1.